The Kier molecular flexibility index (Phi) is 3.42. The van der Waals surface area contributed by atoms with Crippen LogP contribution in [0.25, 0.3) is 0 Å². The maximum atomic E-state index is 14.6. The Bertz CT molecular complexity index is 871. The average molecular weight is 393 g/mol. The van der Waals surface area contributed by atoms with Gasteiger partial charge in [0, 0.05) is 34.6 Å². The summed E-state index contributed by atoms with van der Waals surface area (Å²) < 4.78 is 32.5. The number of methoxy groups -OCH3 is 1. The Balaban J connectivity index is 2.03. The second-order valence-corrected chi connectivity index (χ2v) is 6.54. The largest absolute Gasteiger partial charge is 0.497 e. The molecule has 0 bridgehead atoms. The zero-order valence-electron chi connectivity index (χ0n) is 12.8. The molecule has 1 spiro atoms. The predicted octanol–water partition coefficient (Wildman–Crippen LogP) is 3.68. The molecule has 0 amide bonds. The summed E-state index contributed by atoms with van der Waals surface area (Å²) in [5, 5.41) is 0. The number of hydrogen-bond donors (Lipinski definition) is 1. The van der Waals surface area contributed by atoms with Gasteiger partial charge in [0.15, 0.2) is 17.2 Å². The summed E-state index contributed by atoms with van der Waals surface area (Å²) in [6.07, 6.45) is 0.514. The molecule has 2 N–H and O–H groups in total. The highest BCUT2D eigenvalue weighted by Crippen LogP contribution is 2.53. The van der Waals surface area contributed by atoms with E-state index in [1.165, 1.54) is 13.2 Å². The van der Waals surface area contributed by atoms with Gasteiger partial charge in [-0.15, -0.1) is 0 Å². The zero-order valence-corrected chi connectivity index (χ0v) is 14.4. The molecule has 24 heavy (non-hydrogen) atoms. The van der Waals surface area contributed by atoms with Crippen molar-refractivity contribution in [2.45, 2.75) is 12.0 Å². The molecule has 2 heterocycles. The minimum absolute atomic E-state index is 0.0725. The highest BCUT2D eigenvalue weighted by molar-refractivity contribution is 9.10. The van der Waals surface area contributed by atoms with Crippen molar-refractivity contribution in [3.63, 3.8) is 0 Å². The van der Waals surface area contributed by atoms with Crippen LogP contribution in [0, 0.1) is 5.82 Å². The second kappa shape index (κ2) is 5.37. The van der Waals surface area contributed by atoms with Crippen LogP contribution in [0.15, 0.2) is 39.8 Å². The maximum Gasteiger partial charge on any atom is 0.283 e. The topological polar surface area (TPSA) is 66.1 Å². The molecule has 4 rings (SSSR count). The molecular formula is C17H14BrFN2O3. The van der Waals surface area contributed by atoms with Crippen LogP contribution in [-0.4, -0.2) is 19.7 Å². The summed E-state index contributed by atoms with van der Waals surface area (Å²) in [6, 6.07) is 8.59. The molecule has 2 aliphatic heterocycles. The van der Waals surface area contributed by atoms with E-state index in [0.717, 1.165) is 10.0 Å². The first-order valence-corrected chi connectivity index (χ1v) is 8.17. The summed E-state index contributed by atoms with van der Waals surface area (Å²) in [5.41, 5.74) is 6.20. The number of nitrogens with zero attached hydrogens (tertiary/aromatic N) is 1. The highest BCUT2D eigenvalue weighted by Gasteiger charge is 2.47. The maximum absolute atomic E-state index is 14.6. The molecule has 1 unspecified atom stereocenters. The van der Waals surface area contributed by atoms with Crippen molar-refractivity contribution in [2.24, 2.45) is 10.7 Å². The molecule has 0 aliphatic carbocycles. The van der Waals surface area contributed by atoms with Crippen molar-refractivity contribution < 1.29 is 18.6 Å². The number of aliphatic imine (C=N–C) groups is 1. The van der Waals surface area contributed by atoms with E-state index in [1.54, 1.807) is 12.1 Å². The normalized spacial score (nSPS) is 21.2. The van der Waals surface area contributed by atoms with Gasteiger partial charge in [-0.2, -0.15) is 0 Å². The Morgan fingerprint density at radius 2 is 2.12 bits per heavy atom. The van der Waals surface area contributed by atoms with Gasteiger partial charge in [-0.3, -0.25) is 0 Å². The van der Waals surface area contributed by atoms with Crippen LogP contribution < -0.4 is 15.2 Å². The minimum Gasteiger partial charge on any atom is -0.497 e. The molecule has 2 aromatic carbocycles. The number of fused-ring (bicyclic) bond motifs is 4. The lowest BCUT2D eigenvalue weighted by atomic mass is 9.80. The van der Waals surface area contributed by atoms with Crippen molar-refractivity contribution in [3.8, 4) is 17.2 Å². The van der Waals surface area contributed by atoms with Gasteiger partial charge in [-0.05, 0) is 24.3 Å². The summed E-state index contributed by atoms with van der Waals surface area (Å²) in [4.78, 5) is 4.11. The van der Waals surface area contributed by atoms with Gasteiger partial charge < -0.3 is 19.9 Å². The summed E-state index contributed by atoms with van der Waals surface area (Å²) >= 11 is 3.47. The highest BCUT2D eigenvalue weighted by atomic mass is 79.9. The fourth-order valence-electron chi connectivity index (χ4n) is 3.22. The van der Waals surface area contributed by atoms with Gasteiger partial charge in [0.05, 0.1) is 7.11 Å². The Morgan fingerprint density at radius 1 is 1.29 bits per heavy atom. The molecule has 5 nitrogen and oxygen atoms in total. The quantitative estimate of drug-likeness (QED) is 0.803. The molecule has 7 heteroatoms. The monoisotopic (exact) mass is 392 g/mol. The Hall–Kier alpha value is -2.28. The SMILES string of the molecule is COc1cc(F)c2c(c1)C1(CCN=C(N)O1)c1cc(Br)ccc1O2. The standard InChI is InChI=1S/C17H14BrFN2O3/c1-22-10-7-12-15(13(19)8-10)23-14-3-2-9(18)6-11(14)17(12)4-5-21-16(20)24-17/h2-3,6-8H,4-5H2,1H3,(H2,20,21). The Labute approximate surface area is 146 Å². The van der Waals surface area contributed by atoms with E-state index in [1.807, 2.05) is 12.1 Å². The summed E-state index contributed by atoms with van der Waals surface area (Å²) in [6.45, 7) is 0.468. The first-order valence-electron chi connectivity index (χ1n) is 7.38. The van der Waals surface area contributed by atoms with Crippen molar-refractivity contribution in [2.75, 3.05) is 13.7 Å². The van der Waals surface area contributed by atoms with Crippen LogP contribution in [0.2, 0.25) is 0 Å². The fraction of sp³-hybridized carbons (Fsp3) is 0.235. The number of amidine groups is 1. The minimum atomic E-state index is -0.964. The van der Waals surface area contributed by atoms with E-state index < -0.39 is 11.4 Å². The van der Waals surface area contributed by atoms with E-state index >= 15 is 0 Å². The molecule has 1 atom stereocenters. The third-order valence-corrected chi connectivity index (χ3v) is 4.78. The molecule has 2 aliphatic rings. The molecule has 0 fully saturated rings. The van der Waals surface area contributed by atoms with Crippen LogP contribution in [0.5, 0.6) is 17.2 Å². The number of halogens is 2. The van der Waals surface area contributed by atoms with Gasteiger partial charge in [-0.25, -0.2) is 9.38 Å². The Morgan fingerprint density at radius 3 is 2.88 bits per heavy atom. The van der Waals surface area contributed by atoms with Crippen molar-refractivity contribution in [1.29, 1.82) is 0 Å². The molecule has 0 saturated carbocycles. The van der Waals surface area contributed by atoms with Crippen LogP contribution in [0.3, 0.4) is 0 Å². The molecule has 124 valence electrons. The number of rotatable bonds is 1. The number of hydrogen-bond acceptors (Lipinski definition) is 5. The van der Waals surface area contributed by atoms with Crippen molar-refractivity contribution >= 4 is 22.0 Å². The molecule has 0 saturated heterocycles. The van der Waals surface area contributed by atoms with E-state index in [4.69, 9.17) is 19.9 Å². The van der Waals surface area contributed by atoms with Crippen LogP contribution >= 0.6 is 15.9 Å². The van der Waals surface area contributed by atoms with Crippen LogP contribution in [-0.2, 0) is 10.3 Å². The van der Waals surface area contributed by atoms with Crippen LogP contribution in [0.1, 0.15) is 17.5 Å². The number of ether oxygens (including phenoxy) is 3. The second-order valence-electron chi connectivity index (χ2n) is 5.63. The first-order chi connectivity index (χ1) is 11.5. The van der Waals surface area contributed by atoms with Gasteiger partial charge >= 0.3 is 0 Å². The van der Waals surface area contributed by atoms with Gasteiger partial charge in [0.1, 0.15) is 11.5 Å². The van der Waals surface area contributed by atoms with Crippen molar-refractivity contribution in [3.05, 3.63) is 51.7 Å². The molecule has 0 radical (unpaired) electrons. The zero-order chi connectivity index (χ0) is 16.9. The summed E-state index contributed by atoms with van der Waals surface area (Å²) in [7, 11) is 1.49. The van der Waals surface area contributed by atoms with E-state index in [2.05, 4.69) is 20.9 Å². The predicted molar refractivity (Wildman–Crippen MR) is 90.1 cm³/mol. The van der Waals surface area contributed by atoms with Crippen molar-refractivity contribution in [1.82, 2.24) is 0 Å². The number of benzene rings is 2. The summed E-state index contributed by atoms with van der Waals surface area (Å²) in [5.74, 6) is 0.532. The van der Waals surface area contributed by atoms with Gasteiger partial charge in [0.25, 0.3) is 6.02 Å². The van der Waals surface area contributed by atoms with Gasteiger partial charge in [0.2, 0.25) is 0 Å². The third-order valence-electron chi connectivity index (χ3n) is 4.29. The first kappa shape index (κ1) is 15.3. The van der Waals surface area contributed by atoms with E-state index in [0.29, 0.717) is 30.0 Å². The molecule has 2 aromatic rings. The van der Waals surface area contributed by atoms with E-state index in [-0.39, 0.29) is 11.8 Å². The molecular weight excluding hydrogens is 379 g/mol. The average Bonchev–Trinajstić information content (AvgIpc) is 2.56. The molecule has 0 aromatic heterocycles. The number of nitrogens with two attached hydrogens (primary N) is 1. The smallest absolute Gasteiger partial charge is 0.283 e. The lowest BCUT2D eigenvalue weighted by Crippen LogP contribution is -2.42. The lowest BCUT2D eigenvalue weighted by molar-refractivity contribution is 0.0623. The van der Waals surface area contributed by atoms with Gasteiger partial charge in [-0.1, -0.05) is 15.9 Å². The van der Waals surface area contributed by atoms with Crippen LogP contribution in [0.4, 0.5) is 4.39 Å². The third kappa shape index (κ3) is 2.15. The lowest BCUT2D eigenvalue weighted by Gasteiger charge is -2.41. The van der Waals surface area contributed by atoms with E-state index in [9.17, 15) is 4.39 Å². The fourth-order valence-corrected chi connectivity index (χ4v) is 3.58.